The highest BCUT2D eigenvalue weighted by Gasteiger charge is 2.16. The summed E-state index contributed by atoms with van der Waals surface area (Å²) in [6, 6.07) is 7.09. The number of hydrogen-bond donors (Lipinski definition) is 1. The molecule has 0 amide bonds. The first kappa shape index (κ1) is 13.4. The van der Waals surface area contributed by atoms with Gasteiger partial charge in [-0.25, -0.2) is 0 Å². The Hall–Kier alpha value is -1.02. The number of benzene rings is 1. The molecule has 18 heavy (non-hydrogen) atoms. The van der Waals surface area contributed by atoms with Gasteiger partial charge in [-0.3, -0.25) is 0 Å². The molecule has 1 aliphatic heterocycles. The molecule has 1 aromatic carbocycles. The SMILES string of the molecule is Cc1cc(N2CCC(C)CC2)ccc1CC(C)N. The smallest absolute Gasteiger partial charge is 0.0369 e. The van der Waals surface area contributed by atoms with Crippen LogP contribution >= 0.6 is 0 Å². The van der Waals surface area contributed by atoms with Crippen molar-refractivity contribution < 1.29 is 0 Å². The highest BCUT2D eigenvalue weighted by Crippen LogP contribution is 2.25. The first-order valence-corrected chi connectivity index (χ1v) is 7.16. The van der Waals surface area contributed by atoms with Crippen LogP contribution in [0.5, 0.6) is 0 Å². The average molecular weight is 246 g/mol. The summed E-state index contributed by atoms with van der Waals surface area (Å²) in [5.74, 6) is 0.889. The molecule has 2 N–H and O–H groups in total. The maximum atomic E-state index is 5.88. The van der Waals surface area contributed by atoms with Crippen molar-refractivity contribution in [2.24, 2.45) is 11.7 Å². The maximum Gasteiger partial charge on any atom is 0.0369 e. The molecule has 2 rings (SSSR count). The van der Waals surface area contributed by atoms with Gasteiger partial charge in [0.2, 0.25) is 0 Å². The van der Waals surface area contributed by atoms with Crippen molar-refractivity contribution in [1.82, 2.24) is 0 Å². The molecule has 1 atom stereocenters. The Morgan fingerprint density at radius 3 is 2.56 bits per heavy atom. The molecule has 100 valence electrons. The molecule has 2 heteroatoms. The van der Waals surface area contributed by atoms with Crippen molar-refractivity contribution in [2.45, 2.75) is 46.1 Å². The predicted molar refractivity (Wildman–Crippen MR) is 79.1 cm³/mol. The zero-order valence-corrected chi connectivity index (χ0v) is 11.9. The Balaban J connectivity index is 2.08. The van der Waals surface area contributed by atoms with Crippen LogP contribution in [0.3, 0.4) is 0 Å². The molecule has 0 bridgehead atoms. The number of hydrogen-bond acceptors (Lipinski definition) is 2. The first-order valence-electron chi connectivity index (χ1n) is 7.16. The van der Waals surface area contributed by atoms with E-state index < -0.39 is 0 Å². The molecule has 2 nitrogen and oxygen atoms in total. The van der Waals surface area contributed by atoms with E-state index in [1.54, 1.807) is 0 Å². The van der Waals surface area contributed by atoms with Crippen molar-refractivity contribution in [2.75, 3.05) is 18.0 Å². The van der Waals surface area contributed by atoms with Crippen molar-refractivity contribution >= 4 is 5.69 Å². The van der Waals surface area contributed by atoms with Gasteiger partial charge in [0.1, 0.15) is 0 Å². The summed E-state index contributed by atoms with van der Waals surface area (Å²) in [5.41, 5.74) is 10.0. The van der Waals surface area contributed by atoms with E-state index in [4.69, 9.17) is 5.73 Å². The largest absolute Gasteiger partial charge is 0.372 e. The lowest BCUT2D eigenvalue weighted by Gasteiger charge is -2.32. The predicted octanol–water partition coefficient (Wildman–Crippen LogP) is 3.12. The summed E-state index contributed by atoms with van der Waals surface area (Å²) in [7, 11) is 0. The van der Waals surface area contributed by atoms with Crippen LogP contribution in [-0.4, -0.2) is 19.1 Å². The molecule has 1 unspecified atom stereocenters. The summed E-state index contributed by atoms with van der Waals surface area (Å²) < 4.78 is 0. The van der Waals surface area contributed by atoms with Gasteiger partial charge in [-0.15, -0.1) is 0 Å². The van der Waals surface area contributed by atoms with E-state index in [2.05, 4.69) is 43.9 Å². The lowest BCUT2D eigenvalue weighted by Crippen LogP contribution is -2.32. The van der Waals surface area contributed by atoms with Gasteiger partial charge in [-0.2, -0.15) is 0 Å². The number of nitrogens with two attached hydrogens (primary N) is 1. The molecule has 0 radical (unpaired) electrons. The fraction of sp³-hybridized carbons (Fsp3) is 0.625. The zero-order valence-electron chi connectivity index (χ0n) is 11.9. The van der Waals surface area contributed by atoms with E-state index in [9.17, 15) is 0 Å². The van der Waals surface area contributed by atoms with E-state index in [0.29, 0.717) is 0 Å². The van der Waals surface area contributed by atoms with E-state index in [1.807, 2.05) is 0 Å². The van der Waals surface area contributed by atoms with E-state index in [1.165, 1.54) is 42.7 Å². The van der Waals surface area contributed by atoms with Gasteiger partial charge in [0.25, 0.3) is 0 Å². The number of aryl methyl sites for hydroxylation is 1. The minimum absolute atomic E-state index is 0.241. The summed E-state index contributed by atoms with van der Waals surface area (Å²) in [5, 5.41) is 0. The van der Waals surface area contributed by atoms with E-state index >= 15 is 0 Å². The van der Waals surface area contributed by atoms with Gasteiger partial charge in [0.15, 0.2) is 0 Å². The van der Waals surface area contributed by atoms with Crippen molar-refractivity contribution in [3.63, 3.8) is 0 Å². The van der Waals surface area contributed by atoms with Gasteiger partial charge in [-0.05, 0) is 62.3 Å². The Morgan fingerprint density at radius 2 is 2.00 bits per heavy atom. The van der Waals surface area contributed by atoms with Crippen LogP contribution < -0.4 is 10.6 Å². The molecule has 1 aliphatic rings. The lowest BCUT2D eigenvalue weighted by atomic mass is 9.97. The van der Waals surface area contributed by atoms with E-state index in [-0.39, 0.29) is 6.04 Å². The second-order valence-electron chi connectivity index (χ2n) is 5.96. The Kier molecular flexibility index (Phi) is 4.28. The third-order valence-electron chi connectivity index (χ3n) is 4.02. The molecule has 1 aromatic rings. The van der Waals surface area contributed by atoms with E-state index in [0.717, 1.165) is 12.3 Å². The number of piperidine rings is 1. The molecular formula is C16H26N2. The monoisotopic (exact) mass is 246 g/mol. The third kappa shape index (κ3) is 3.26. The van der Waals surface area contributed by atoms with Crippen LogP contribution in [0.4, 0.5) is 5.69 Å². The van der Waals surface area contributed by atoms with Crippen LogP contribution in [0.15, 0.2) is 18.2 Å². The van der Waals surface area contributed by atoms with Crippen LogP contribution in [0.1, 0.15) is 37.8 Å². The van der Waals surface area contributed by atoms with Crippen LogP contribution in [0.2, 0.25) is 0 Å². The fourth-order valence-electron chi connectivity index (χ4n) is 2.72. The molecule has 1 saturated heterocycles. The van der Waals surface area contributed by atoms with Crippen LogP contribution in [-0.2, 0) is 6.42 Å². The highest BCUT2D eigenvalue weighted by molar-refractivity contribution is 5.51. The molecule has 0 spiro atoms. The topological polar surface area (TPSA) is 29.3 Å². The normalized spacial score (nSPS) is 19.0. The molecule has 1 fully saturated rings. The van der Waals surface area contributed by atoms with Gasteiger partial charge in [-0.1, -0.05) is 13.0 Å². The van der Waals surface area contributed by atoms with Gasteiger partial charge in [0.05, 0.1) is 0 Å². The molecule has 0 saturated carbocycles. The minimum Gasteiger partial charge on any atom is -0.372 e. The summed E-state index contributed by atoms with van der Waals surface area (Å²) in [6.45, 7) is 9.03. The molecule has 0 aliphatic carbocycles. The molecular weight excluding hydrogens is 220 g/mol. The van der Waals surface area contributed by atoms with Gasteiger partial charge < -0.3 is 10.6 Å². The van der Waals surface area contributed by atoms with Crippen LogP contribution in [0, 0.1) is 12.8 Å². The number of nitrogens with zero attached hydrogens (tertiary/aromatic N) is 1. The van der Waals surface area contributed by atoms with Crippen molar-refractivity contribution in [1.29, 1.82) is 0 Å². The summed E-state index contributed by atoms with van der Waals surface area (Å²) >= 11 is 0. The first-order chi connectivity index (χ1) is 8.56. The summed E-state index contributed by atoms with van der Waals surface area (Å²) in [6.07, 6.45) is 3.62. The fourth-order valence-corrected chi connectivity index (χ4v) is 2.72. The summed E-state index contributed by atoms with van der Waals surface area (Å²) in [4.78, 5) is 2.52. The minimum atomic E-state index is 0.241. The quantitative estimate of drug-likeness (QED) is 0.888. The van der Waals surface area contributed by atoms with Crippen molar-refractivity contribution in [3.05, 3.63) is 29.3 Å². The standard InChI is InChI=1S/C16H26N2/c1-12-6-8-18(9-7-12)16-5-4-15(11-14(3)17)13(2)10-16/h4-5,10,12,14H,6-9,11,17H2,1-3H3. The number of anilines is 1. The second kappa shape index (κ2) is 5.75. The van der Waals surface area contributed by atoms with Gasteiger partial charge in [0, 0.05) is 24.8 Å². The van der Waals surface area contributed by atoms with Gasteiger partial charge >= 0.3 is 0 Å². The molecule has 0 aromatic heterocycles. The zero-order chi connectivity index (χ0) is 13.1. The molecule has 1 heterocycles. The highest BCUT2D eigenvalue weighted by atomic mass is 15.1. The average Bonchev–Trinajstić information content (AvgIpc) is 2.32. The maximum absolute atomic E-state index is 5.88. The van der Waals surface area contributed by atoms with Crippen LogP contribution in [0.25, 0.3) is 0 Å². The number of rotatable bonds is 3. The van der Waals surface area contributed by atoms with Crippen molar-refractivity contribution in [3.8, 4) is 0 Å². The Morgan fingerprint density at radius 1 is 1.33 bits per heavy atom. The Labute approximate surface area is 111 Å². The Bertz CT molecular complexity index is 390. The lowest BCUT2D eigenvalue weighted by molar-refractivity contribution is 0.438. The second-order valence-corrected chi connectivity index (χ2v) is 5.96. The third-order valence-corrected chi connectivity index (χ3v) is 4.02.